The molecule has 0 aliphatic rings. The molecule has 7 heteroatoms. The SMILES string of the molecule is Cc1cc(Cl)c(NC(=O)Cn2ccc(N)n2)cc1Cl. The van der Waals surface area contributed by atoms with Crippen molar-refractivity contribution in [3.05, 3.63) is 40.0 Å². The highest BCUT2D eigenvalue weighted by atomic mass is 35.5. The van der Waals surface area contributed by atoms with Crippen LogP contribution in [0.15, 0.2) is 24.4 Å². The Morgan fingerprint density at radius 2 is 2.16 bits per heavy atom. The predicted octanol–water partition coefficient (Wildman–Crippen LogP) is 2.72. The maximum absolute atomic E-state index is 11.8. The number of nitrogen functional groups attached to an aromatic ring is 1. The van der Waals surface area contributed by atoms with Gasteiger partial charge in [0.25, 0.3) is 0 Å². The number of halogens is 2. The molecule has 3 N–H and O–H groups in total. The standard InChI is InChI=1S/C12H12Cl2N4O/c1-7-4-9(14)10(5-8(7)13)16-12(19)6-18-3-2-11(15)17-18/h2-5H,6H2,1H3,(H2,15,17)(H,16,19). The fourth-order valence-electron chi connectivity index (χ4n) is 1.54. The van der Waals surface area contributed by atoms with Crippen molar-refractivity contribution in [2.45, 2.75) is 13.5 Å². The number of aromatic nitrogens is 2. The number of carbonyl (C=O) groups is 1. The molecular weight excluding hydrogens is 287 g/mol. The number of anilines is 2. The number of amides is 1. The second-order valence-corrected chi connectivity index (χ2v) is 4.88. The lowest BCUT2D eigenvalue weighted by molar-refractivity contribution is -0.116. The van der Waals surface area contributed by atoms with E-state index in [1.54, 1.807) is 24.4 Å². The number of carbonyl (C=O) groups excluding carboxylic acids is 1. The summed E-state index contributed by atoms with van der Waals surface area (Å²) in [4.78, 5) is 11.8. The van der Waals surface area contributed by atoms with Crippen molar-refractivity contribution in [3.63, 3.8) is 0 Å². The van der Waals surface area contributed by atoms with Crippen LogP contribution in [0, 0.1) is 6.92 Å². The number of aryl methyl sites for hydroxylation is 1. The Kier molecular flexibility index (Phi) is 3.97. The van der Waals surface area contributed by atoms with E-state index in [9.17, 15) is 4.79 Å². The Hall–Kier alpha value is -1.72. The van der Waals surface area contributed by atoms with Gasteiger partial charge in [0.15, 0.2) is 0 Å². The molecule has 19 heavy (non-hydrogen) atoms. The summed E-state index contributed by atoms with van der Waals surface area (Å²) in [5.41, 5.74) is 6.79. The van der Waals surface area contributed by atoms with Crippen molar-refractivity contribution in [2.75, 3.05) is 11.1 Å². The van der Waals surface area contributed by atoms with Crippen LogP contribution in [0.1, 0.15) is 5.56 Å². The van der Waals surface area contributed by atoms with Crippen LogP contribution in [0.2, 0.25) is 10.0 Å². The van der Waals surface area contributed by atoms with Crippen LogP contribution < -0.4 is 11.1 Å². The van der Waals surface area contributed by atoms with Gasteiger partial charge in [-0.1, -0.05) is 23.2 Å². The third-order valence-electron chi connectivity index (χ3n) is 2.49. The van der Waals surface area contributed by atoms with E-state index < -0.39 is 0 Å². The zero-order valence-electron chi connectivity index (χ0n) is 10.2. The third-order valence-corrected chi connectivity index (χ3v) is 3.21. The zero-order valence-corrected chi connectivity index (χ0v) is 11.7. The van der Waals surface area contributed by atoms with Crippen molar-refractivity contribution >= 4 is 40.6 Å². The van der Waals surface area contributed by atoms with Crippen LogP contribution in [-0.2, 0) is 11.3 Å². The van der Waals surface area contributed by atoms with Crippen LogP contribution in [-0.4, -0.2) is 15.7 Å². The van der Waals surface area contributed by atoms with Gasteiger partial charge in [-0.3, -0.25) is 9.48 Å². The number of benzene rings is 1. The van der Waals surface area contributed by atoms with Crippen molar-refractivity contribution in [2.24, 2.45) is 0 Å². The summed E-state index contributed by atoms with van der Waals surface area (Å²) >= 11 is 12.0. The van der Waals surface area contributed by atoms with Crippen molar-refractivity contribution in [3.8, 4) is 0 Å². The number of hydrogen-bond donors (Lipinski definition) is 2. The summed E-state index contributed by atoms with van der Waals surface area (Å²) in [6.07, 6.45) is 1.62. The monoisotopic (exact) mass is 298 g/mol. The predicted molar refractivity (Wildman–Crippen MR) is 76.5 cm³/mol. The second-order valence-electron chi connectivity index (χ2n) is 4.07. The first-order valence-corrected chi connectivity index (χ1v) is 6.25. The lowest BCUT2D eigenvalue weighted by Crippen LogP contribution is -2.19. The summed E-state index contributed by atoms with van der Waals surface area (Å²) < 4.78 is 1.44. The lowest BCUT2D eigenvalue weighted by Gasteiger charge is -2.09. The van der Waals surface area contributed by atoms with Crippen molar-refractivity contribution in [1.82, 2.24) is 9.78 Å². The van der Waals surface area contributed by atoms with Crippen molar-refractivity contribution < 1.29 is 4.79 Å². The van der Waals surface area contributed by atoms with Gasteiger partial charge >= 0.3 is 0 Å². The average Bonchev–Trinajstić information content (AvgIpc) is 2.71. The summed E-state index contributed by atoms with van der Waals surface area (Å²) in [6, 6.07) is 4.93. The first-order valence-electron chi connectivity index (χ1n) is 5.50. The summed E-state index contributed by atoms with van der Waals surface area (Å²) in [5, 5.41) is 7.58. The fourth-order valence-corrected chi connectivity index (χ4v) is 1.97. The maximum Gasteiger partial charge on any atom is 0.246 e. The van der Waals surface area contributed by atoms with Crippen LogP contribution in [0.4, 0.5) is 11.5 Å². The highest BCUT2D eigenvalue weighted by Crippen LogP contribution is 2.28. The molecule has 0 saturated heterocycles. The molecule has 0 aliphatic carbocycles. The Morgan fingerprint density at radius 3 is 2.79 bits per heavy atom. The first-order chi connectivity index (χ1) is 8.95. The molecule has 1 aromatic heterocycles. The van der Waals surface area contributed by atoms with E-state index in [-0.39, 0.29) is 12.5 Å². The molecule has 2 rings (SSSR count). The van der Waals surface area contributed by atoms with Gasteiger partial charge in [0, 0.05) is 11.2 Å². The zero-order chi connectivity index (χ0) is 14.0. The Bertz CT molecular complexity index is 624. The fraction of sp³-hybridized carbons (Fsp3) is 0.167. The largest absolute Gasteiger partial charge is 0.382 e. The summed E-state index contributed by atoms with van der Waals surface area (Å²) in [6.45, 7) is 1.89. The van der Waals surface area contributed by atoms with Crippen LogP contribution in [0.5, 0.6) is 0 Å². The molecule has 0 unspecified atom stereocenters. The molecule has 1 aromatic carbocycles. The van der Waals surface area contributed by atoms with E-state index in [1.807, 2.05) is 6.92 Å². The number of nitrogens with two attached hydrogens (primary N) is 1. The minimum Gasteiger partial charge on any atom is -0.382 e. The highest BCUT2D eigenvalue weighted by molar-refractivity contribution is 6.36. The van der Waals surface area contributed by atoms with Gasteiger partial charge in [0.1, 0.15) is 12.4 Å². The Labute approximate surface area is 120 Å². The van der Waals surface area contributed by atoms with Gasteiger partial charge < -0.3 is 11.1 Å². The minimum absolute atomic E-state index is 0.0546. The van der Waals surface area contributed by atoms with Crippen LogP contribution >= 0.6 is 23.2 Å². The molecular formula is C12H12Cl2N4O. The molecule has 0 fully saturated rings. The number of rotatable bonds is 3. The molecule has 5 nitrogen and oxygen atoms in total. The van der Waals surface area contributed by atoms with Gasteiger partial charge in [0.2, 0.25) is 5.91 Å². The number of nitrogens with zero attached hydrogens (tertiary/aromatic N) is 2. The molecule has 1 heterocycles. The lowest BCUT2D eigenvalue weighted by atomic mass is 10.2. The van der Waals surface area contributed by atoms with Crippen LogP contribution in [0.3, 0.4) is 0 Å². The minimum atomic E-state index is -0.259. The van der Waals surface area contributed by atoms with E-state index >= 15 is 0 Å². The molecule has 0 saturated carbocycles. The molecule has 0 radical (unpaired) electrons. The highest BCUT2D eigenvalue weighted by Gasteiger charge is 2.09. The maximum atomic E-state index is 11.8. The van der Waals surface area contributed by atoms with Crippen LogP contribution in [0.25, 0.3) is 0 Å². The molecule has 2 aromatic rings. The van der Waals surface area contributed by atoms with Crippen molar-refractivity contribution in [1.29, 1.82) is 0 Å². The molecule has 0 spiro atoms. The number of nitrogens with one attached hydrogen (secondary N) is 1. The topological polar surface area (TPSA) is 72.9 Å². The van der Waals surface area contributed by atoms with E-state index in [1.165, 1.54) is 4.68 Å². The van der Waals surface area contributed by atoms with Gasteiger partial charge in [-0.15, -0.1) is 0 Å². The average molecular weight is 299 g/mol. The Balaban J connectivity index is 2.09. The van der Waals surface area contributed by atoms with Gasteiger partial charge in [-0.05, 0) is 30.7 Å². The number of hydrogen-bond acceptors (Lipinski definition) is 3. The molecule has 0 atom stereocenters. The van der Waals surface area contributed by atoms with E-state index in [4.69, 9.17) is 28.9 Å². The van der Waals surface area contributed by atoms with Gasteiger partial charge in [0.05, 0.1) is 10.7 Å². The molecule has 1 amide bonds. The first kappa shape index (κ1) is 13.7. The summed E-state index contributed by atoms with van der Waals surface area (Å²) in [7, 11) is 0. The van der Waals surface area contributed by atoms with Gasteiger partial charge in [-0.2, -0.15) is 5.10 Å². The Morgan fingerprint density at radius 1 is 1.42 bits per heavy atom. The van der Waals surface area contributed by atoms with E-state index in [0.29, 0.717) is 21.6 Å². The van der Waals surface area contributed by atoms with Gasteiger partial charge in [-0.25, -0.2) is 0 Å². The smallest absolute Gasteiger partial charge is 0.246 e. The second kappa shape index (κ2) is 5.50. The van der Waals surface area contributed by atoms with E-state index in [0.717, 1.165) is 5.56 Å². The molecule has 0 aliphatic heterocycles. The molecule has 0 bridgehead atoms. The van der Waals surface area contributed by atoms with E-state index in [2.05, 4.69) is 10.4 Å². The normalized spacial score (nSPS) is 10.5. The summed E-state index contributed by atoms with van der Waals surface area (Å²) in [5.74, 6) is 0.106. The molecule has 100 valence electrons. The quantitative estimate of drug-likeness (QED) is 0.915. The third kappa shape index (κ3) is 3.39.